The number of fused-ring (bicyclic) bond motifs is 8. The van der Waals surface area contributed by atoms with Crippen molar-refractivity contribution in [2.45, 2.75) is 184 Å². The summed E-state index contributed by atoms with van der Waals surface area (Å²) in [5.41, 5.74) is 23.7. The molecule has 3 aromatic heterocycles. The van der Waals surface area contributed by atoms with Crippen molar-refractivity contribution in [1.82, 2.24) is 19.9 Å². The highest BCUT2D eigenvalue weighted by molar-refractivity contribution is 7.80. The van der Waals surface area contributed by atoms with Crippen LogP contribution in [0.25, 0.3) is 66.6 Å². The number of benzene rings is 2. The highest BCUT2D eigenvalue weighted by Crippen LogP contribution is 2.45. The Morgan fingerprint density at radius 2 is 0.833 bits per heavy atom. The van der Waals surface area contributed by atoms with Crippen LogP contribution >= 0.6 is 25.3 Å². The van der Waals surface area contributed by atoms with E-state index >= 15 is 0 Å². The van der Waals surface area contributed by atoms with Gasteiger partial charge in [-0.25, -0.2) is 9.97 Å². The van der Waals surface area contributed by atoms with Gasteiger partial charge in [0.15, 0.2) is 0 Å². The van der Waals surface area contributed by atoms with Gasteiger partial charge in [-0.2, -0.15) is 25.3 Å². The normalized spacial score (nSPS) is 12.7. The Kier molecular flexibility index (Phi) is 21.1. The summed E-state index contributed by atoms with van der Waals surface area (Å²) in [5, 5.41) is 0. The smallest absolute Gasteiger partial charge is 0.119 e. The van der Waals surface area contributed by atoms with Crippen molar-refractivity contribution in [3.63, 3.8) is 0 Å². The van der Waals surface area contributed by atoms with Gasteiger partial charge in [-0.3, -0.25) is 0 Å². The molecule has 5 aromatic rings. The molecule has 0 saturated heterocycles. The van der Waals surface area contributed by atoms with Crippen LogP contribution in [0.3, 0.4) is 0 Å². The van der Waals surface area contributed by atoms with Gasteiger partial charge in [0, 0.05) is 33.7 Å². The molecule has 0 radical (unpaired) electrons. The Bertz CT molecular complexity index is 2650. The number of aryl methyl sites for hydroxylation is 4. The van der Waals surface area contributed by atoms with Gasteiger partial charge in [0.25, 0.3) is 0 Å². The third kappa shape index (κ3) is 13.2. The summed E-state index contributed by atoms with van der Waals surface area (Å²) >= 11 is 9.01. The molecule has 0 saturated carbocycles. The third-order valence-electron chi connectivity index (χ3n) is 15.1. The van der Waals surface area contributed by atoms with E-state index < -0.39 is 0 Å². The molecular weight excluding hydrogens is 921 g/mol. The molecule has 8 bridgehead atoms. The Labute approximate surface area is 444 Å². The Balaban J connectivity index is 1.69. The molecular formula is C64H86N4O2S2. The van der Waals surface area contributed by atoms with Crippen molar-refractivity contribution in [3.05, 3.63) is 106 Å². The SMILES string of the molecule is CCCCCCC1=C(C)c2nc1cc1[nH]c(c(C)c1CCCCCC)c(-c1cccc(OCCS)c1)c1nc(cc3[nH]c(c(C)c3CCCCCC)c2-c2cccc(OCCS)c2)C(CCCCCC)=C1C. The molecule has 2 N–H and O–H groups in total. The fourth-order valence-electron chi connectivity index (χ4n) is 11.1. The second-order valence-electron chi connectivity index (χ2n) is 20.4. The molecule has 2 aliphatic heterocycles. The molecule has 8 heteroatoms. The summed E-state index contributed by atoms with van der Waals surface area (Å²) in [4.78, 5) is 20.0. The molecule has 2 aromatic carbocycles. The number of H-pyrrole nitrogens is 2. The molecule has 72 heavy (non-hydrogen) atoms. The minimum absolute atomic E-state index is 0.542. The monoisotopic (exact) mass is 1010 g/mol. The van der Waals surface area contributed by atoms with E-state index in [9.17, 15) is 0 Å². The molecule has 0 unspecified atom stereocenters. The number of ether oxygens (including phenoxy) is 2. The molecule has 0 fully saturated rings. The van der Waals surface area contributed by atoms with Gasteiger partial charge in [0.2, 0.25) is 0 Å². The van der Waals surface area contributed by atoms with E-state index in [0.717, 1.165) is 130 Å². The minimum atomic E-state index is 0.542. The van der Waals surface area contributed by atoms with E-state index in [2.05, 4.69) is 151 Å². The summed E-state index contributed by atoms with van der Waals surface area (Å²) in [7, 11) is 0. The van der Waals surface area contributed by atoms with Crippen LogP contribution in [0.15, 0.2) is 60.7 Å². The van der Waals surface area contributed by atoms with Crippen molar-refractivity contribution in [2.75, 3.05) is 24.7 Å². The van der Waals surface area contributed by atoms with Gasteiger partial charge in [-0.05, 0) is 171 Å². The van der Waals surface area contributed by atoms with Crippen LogP contribution in [-0.2, 0) is 12.8 Å². The molecule has 0 amide bonds. The molecule has 386 valence electrons. The molecule has 0 atom stereocenters. The second-order valence-corrected chi connectivity index (χ2v) is 21.3. The zero-order chi connectivity index (χ0) is 51.0. The lowest BCUT2D eigenvalue weighted by Gasteiger charge is -2.11. The van der Waals surface area contributed by atoms with E-state index in [4.69, 9.17) is 19.4 Å². The van der Waals surface area contributed by atoms with Crippen LogP contribution in [0.4, 0.5) is 0 Å². The standard InChI is InChI=1S/C64H86N4O2S2/c1-9-13-17-21-31-51-43(5)61-59(47-27-25-29-49(39-47)69-35-37-71)62-45(7)53(33-23-19-15-11-3)57(67-62)42-58-54(34-24-20-16-12-4)46(8)64(68-58)60(48-28-26-30-50(40-48)70-36-38-72)63-44(6)52(32-22-18-14-10-2)56(66-63)41-55(51)65-61/h25-30,39-42,65,68,71-72H,9-24,31-38H2,1-8H3. The Morgan fingerprint density at radius 1 is 0.458 bits per heavy atom. The second kappa shape index (κ2) is 27.6. The zero-order valence-corrected chi connectivity index (χ0v) is 47.1. The summed E-state index contributed by atoms with van der Waals surface area (Å²) in [6.45, 7) is 19.6. The number of unbranched alkanes of at least 4 members (excludes halogenated alkanes) is 12. The molecule has 7 rings (SSSR count). The number of hydrogen-bond acceptors (Lipinski definition) is 6. The molecule has 6 nitrogen and oxygen atoms in total. The lowest BCUT2D eigenvalue weighted by Crippen LogP contribution is -1.98. The topological polar surface area (TPSA) is 75.8 Å². The maximum atomic E-state index is 6.30. The fourth-order valence-corrected chi connectivity index (χ4v) is 11.3. The van der Waals surface area contributed by atoms with Gasteiger partial charge in [-0.15, -0.1) is 0 Å². The fraction of sp³-hybridized carbons (Fsp3) is 0.500. The summed E-state index contributed by atoms with van der Waals surface area (Å²) < 4.78 is 12.6. The average Bonchev–Trinajstić information content (AvgIpc) is 4.07. The maximum Gasteiger partial charge on any atom is 0.119 e. The highest BCUT2D eigenvalue weighted by atomic mass is 32.1. The minimum Gasteiger partial charge on any atom is -0.493 e. The van der Waals surface area contributed by atoms with Crippen LogP contribution in [0.1, 0.15) is 202 Å². The van der Waals surface area contributed by atoms with E-state index in [1.807, 2.05) is 0 Å². The van der Waals surface area contributed by atoms with Gasteiger partial charge < -0.3 is 19.4 Å². The van der Waals surface area contributed by atoms with Gasteiger partial charge in [0.1, 0.15) is 11.5 Å². The first-order valence-electron chi connectivity index (χ1n) is 28.1. The zero-order valence-electron chi connectivity index (χ0n) is 45.3. The van der Waals surface area contributed by atoms with E-state index in [1.165, 1.54) is 122 Å². The lowest BCUT2D eigenvalue weighted by atomic mass is 9.93. The maximum absolute atomic E-state index is 6.30. The number of aromatic nitrogens is 4. The van der Waals surface area contributed by atoms with Gasteiger partial charge >= 0.3 is 0 Å². The predicted molar refractivity (Wildman–Crippen MR) is 318 cm³/mol. The number of hydrogen-bond donors (Lipinski definition) is 4. The number of rotatable bonds is 28. The van der Waals surface area contributed by atoms with Crippen molar-refractivity contribution in [2.24, 2.45) is 0 Å². The molecule has 0 spiro atoms. The van der Waals surface area contributed by atoms with Crippen molar-refractivity contribution in [3.8, 4) is 33.8 Å². The van der Waals surface area contributed by atoms with E-state index in [0.29, 0.717) is 24.7 Å². The number of nitrogens with zero attached hydrogens (tertiary/aromatic N) is 2. The Morgan fingerprint density at radius 3 is 1.19 bits per heavy atom. The first-order chi connectivity index (χ1) is 35.2. The van der Waals surface area contributed by atoms with Crippen LogP contribution in [-0.4, -0.2) is 44.7 Å². The third-order valence-corrected chi connectivity index (χ3v) is 15.5. The largest absolute Gasteiger partial charge is 0.493 e. The molecule has 0 aliphatic carbocycles. The van der Waals surface area contributed by atoms with Gasteiger partial charge in [-0.1, -0.05) is 129 Å². The van der Waals surface area contributed by atoms with Crippen LogP contribution in [0.5, 0.6) is 11.5 Å². The number of nitrogens with one attached hydrogen (secondary N) is 2. The number of aromatic amines is 2. The van der Waals surface area contributed by atoms with Crippen molar-refractivity contribution >= 4 is 69.6 Å². The van der Waals surface area contributed by atoms with Crippen molar-refractivity contribution < 1.29 is 9.47 Å². The summed E-state index contributed by atoms with van der Waals surface area (Å²) in [6.07, 6.45) is 23.0. The van der Waals surface area contributed by atoms with Crippen molar-refractivity contribution in [1.29, 1.82) is 0 Å². The summed E-state index contributed by atoms with van der Waals surface area (Å²) in [5.74, 6) is 2.99. The number of allylic oxidation sites excluding steroid dienone is 4. The van der Waals surface area contributed by atoms with Crippen LogP contribution in [0, 0.1) is 13.8 Å². The van der Waals surface area contributed by atoms with Gasteiger partial charge in [0.05, 0.1) is 47.0 Å². The lowest BCUT2D eigenvalue weighted by molar-refractivity contribution is 0.344. The first-order valence-corrected chi connectivity index (χ1v) is 29.3. The number of thiol groups is 2. The average molecular weight is 1010 g/mol. The van der Waals surface area contributed by atoms with E-state index in [-0.39, 0.29) is 0 Å². The van der Waals surface area contributed by atoms with E-state index in [1.54, 1.807) is 0 Å². The quantitative estimate of drug-likeness (QED) is 0.0297. The predicted octanol–water partition coefficient (Wildman–Crippen LogP) is 18.9. The summed E-state index contributed by atoms with van der Waals surface area (Å²) in [6, 6.07) is 22.2. The van der Waals surface area contributed by atoms with Crippen LogP contribution in [0.2, 0.25) is 0 Å². The highest BCUT2D eigenvalue weighted by Gasteiger charge is 2.27. The first kappa shape index (κ1) is 55.1. The molecule has 2 aliphatic rings. The Hall–Kier alpha value is -4.66. The molecule has 5 heterocycles. The van der Waals surface area contributed by atoms with Crippen LogP contribution < -0.4 is 9.47 Å².